The van der Waals surface area contributed by atoms with Crippen LogP contribution >= 0.6 is 0 Å². The van der Waals surface area contributed by atoms with Gasteiger partial charge in [0.2, 0.25) is 0 Å². The molecule has 2 N–H and O–H groups in total. The molecule has 43 heavy (non-hydrogen) atoms. The van der Waals surface area contributed by atoms with Crippen molar-refractivity contribution in [1.29, 1.82) is 0 Å². The molecule has 3 aliphatic heterocycles. The predicted molar refractivity (Wildman–Crippen MR) is 165 cm³/mol. The minimum atomic E-state index is -0.522. The zero-order chi connectivity index (χ0) is 29.0. The van der Waals surface area contributed by atoms with E-state index < -0.39 is 11.9 Å². The molecule has 7 nitrogen and oxygen atoms in total. The van der Waals surface area contributed by atoms with E-state index in [9.17, 15) is 9.59 Å². The second-order valence-electron chi connectivity index (χ2n) is 10.8. The third-order valence-electron chi connectivity index (χ3n) is 8.43. The average Bonchev–Trinajstić information content (AvgIpc) is 3.59. The first kappa shape index (κ1) is 32.0. The van der Waals surface area contributed by atoms with Crippen molar-refractivity contribution in [3.63, 3.8) is 0 Å². The van der Waals surface area contributed by atoms with Crippen LogP contribution in [0.5, 0.6) is 0 Å². The fraction of sp³-hybridized carbons (Fsp3) is 0.235. The van der Waals surface area contributed by atoms with Crippen LogP contribution in [0.1, 0.15) is 84.6 Å². The number of nitrogens with zero attached hydrogens (tertiary/aromatic N) is 2. The molecule has 220 valence electrons. The van der Waals surface area contributed by atoms with Gasteiger partial charge in [-0.25, -0.2) is 9.97 Å². The van der Waals surface area contributed by atoms with E-state index in [4.69, 9.17) is 14.7 Å². The summed E-state index contributed by atoms with van der Waals surface area (Å²) in [7, 11) is 0. The molecule has 0 atom stereocenters. The monoisotopic (exact) mass is 635 g/mol. The first-order chi connectivity index (χ1) is 19.7. The molecule has 6 rings (SSSR count). The number of aromatic nitrogens is 4. The molecule has 0 amide bonds. The molecule has 0 aliphatic carbocycles. The predicted octanol–water partition coefficient (Wildman–Crippen LogP) is 4.72. The second-order valence-corrected chi connectivity index (χ2v) is 10.8. The molecule has 3 aliphatic rings. The average molecular weight is 636 g/mol. The summed E-state index contributed by atoms with van der Waals surface area (Å²) in [5.41, 5.74) is 14.9. The number of H-pyrrole nitrogens is 2. The van der Waals surface area contributed by atoms with Crippen molar-refractivity contribution in [2.75, 3.05) is 0 Å². The van der Waals surface area contributed by atoms with Crippen molar-refractivity contribution in [2.24, 2.45) is 0 Å². The van der Waals surface area contributed by atoms with Gasteiger partial charge in [-0.2, -0.15) is 0 Å². The Labute approximate surface area is 267 Å². The van der Waals surface area contributed by atoms with Gasteiger partial charge in [-0.05, 0) is 98.2 Å². The van der Waals surface area contributed by atoms with E-state index in [2.05, 4.69) is 43.0 Å². The van der Waals surface area contributed by atoms with Crippen molar-refractivity contribution in [3.05, 3.63) is 82.5 Å². The van der Waals surface area contributed by atoms with Crippen LogP contribution in [0, 0.1) is 13.8 Å². The van der Waals surface area contributed by atoms with E-state index in [0.29, 0.717) is 12.8 Å². The Morgan fingerprint density at radius 2 is 1.07 bits per heavy atom. The Hall–Kier alpha value is -3.97. The third-order valence-corrected chi connectivity index (χ3v) is 8.43. The molecule has 0 saturated heterocycles. The van der Waals surface area contributed by atoms with Crippen LogP contribution < -0.4 is 12.4 Å². The summed E-state index contributed by atoms with van der Waals surface area (Å²) in [6.45, 7) is 16.3. The molecule has 0 aromatic carbocycles. The maximum Gasteiger partial charge on any atom is 2.00 e. The number of aryl methyl sites for hydroxylation is 2. The van der Waals surface area contributed by atoms with E-state index in [-0.39, 0.29) is 42.3 Å². The number of allylic oxidation sites excluding steroid dienone is 4. The van der Waals surface area contributed by atoms with Gasteiger partial charge >= 0.3 is 29.0 Å². The number of esters is 2. The zero-order valence-corrected chi connectivity index (χ0v) is 26.4. The maximum absolute atomic E-state index is 12.5. The summed E-state index contributed by atoms with van der Waals surface area (Å²) < 4.78 is 5.14. The molecule has 0 radical (unpaired) electrons. The minimum Gasteiger partial charge on any atom is -1.00 e. The second kappa shape index (κ2) is 12.3. The molecule has 0 fully saturated rings. The van der Waals surface area contributed by atoms with E-state index in [1.807, 2.05) is 44.2 Å². The SMILES string of the molecule is C=Cc1c(C)c2cc3[nH]c(cc4nc5cc6nc(cc1[nH]2)C(C)=C6CCC(=O)OC(=O)CCC5=C4C)c(C)c3C=C.[Cl-].[Fe+2]. The molecule has 3 aromatic heterocycles. The van der Waals surface area contributed by atoms with E-state index in [0.717, 1.165) is 89.4 Å². The fourth-order valence-corrected chi connectivity index (χ4v) is 5.99. The molecule has 0 spiro atoms. The van der Waals surface area contributed by atoms with Gasteiger partial charge in [-0.1, -0.05) is 25.3 Å². The Morgan fingerprint density at radius 1 is 0.651 bits per heavy atom. The summed E-state index contributed by atoms with van der Waals surface area (Å²) in [6, 6.07) is 8.19. The Morgan fingerprint density at radius 3 is 1.53 bits per heavy atom. The first-order valence-electron chi connectivity index (χ1n) is 13.8. The van der Waals surface area contributed by atoms with Gasteiger partial charge in [0.15, 0.2) is 0 Å². The van der Waals surface area contributed by atoms with Crippen LogP contribution in [0.3, 0.4) is 0 Å². The molecule has 6 heterocycles. The van der Waals surface area contributed by atoms with Crippen LogP contribution in [0.15, 0.2) is 37.4 Å². The Kier molecular flexibility index (Phi) is 9.16. The van der Waals surface area contributed by atoms with Crippen molar-refractivity contribution in [2.45, 2.75) is 53.4 Å². The molecule has 0 unspecified atom stereocenters. The minimum absolute atomic E-state index is 0. The zero-order valence-electron chi connectivity index (χ0n) is 24.6. The number of aromatic amines is 2. The number of ether oxygens (including phenoxy) is 1. The maximum atomic E-state index is 12.5. The topological polar surface area (TPSA) is 101 Å². The normalized spacial score (nSPS) is 15.0. The summed E-state index contributed by atoms with van der Waals surface area (Å²) in [5, 5.41) is 0. The van der Waals surface area contributed by atoms with Gasteiger partial charge in [-0.3, -0.25) is 9.59 Å². The number of nitrogens with one attached hydrogen (secondary N) is 2. The number of hydrogen-bond acceptors (Lipinski definition) is 5. The molecular weight excluding hydrogens is 604 g/mol. The van der Waals surface area contributed by atoms with E-state index in [1.165, 1.54) is 0 Å². The summed E-state index contributed by atoms with van der Waals surface area (Å²) in [5.74, 6) is -1.04. The Bertz CT molecular complexity index is 1940. The van der Waals surface area contributed by atoms with Crippen LogP contribution in [0.4, 0.5) is 0 Å². The number of carbonyl (C=O) groups excluding carboxylic acids is 2. The molecule has 8 bridgehead atoms. The summed E-state index contributed by atoms with van der Waals surface area (Å²) in [6.07, 6.45) is 4.73. The largest absolute Gasteiger partial charge is 2.00 e. The van der Waals surface area contributed by atoms with Crippen molar-refractivity contribution in [3.8, 4) is 0 Å². The van der Waals surface area contributed by atoms with Gasteiger partial charge in [0.05, 0.1) is 35.6 Å². The summed E-state index contributed by atoms with van der Waals surface area (Å²) in [4.78, 5) is 42.3. The number of rotatable bonds is 2. The molecule has 3 aromatic rings. The van der Waals surface area contributed by atoms with Gasteiger partial charge < -0.3 is 27.1 Å². The number of cyclic esters (lactones) is 2. The van der Waals surface area contributed by atoms with Gasteiger partial charge in [0, 0.05) is 33.2 Å². The van der Waals surface area contributed by atoms with Crippen molar-refractivity contribution in [1.82, 2.24) is 19.9 Å². The van der Waals surface area contributed by atoms with Crippen LogP contribution in [0.2, 0.25) is 0 Å². The third kappa shape index (κ3) is 5.58. The van der Waals surface area contributed by atoms with Gasteiger partial charge in [0.25, 0.3) is 0 Å². The standard InChI is InChI=1S/C34H32N4O3.ClH.Fe/c1-7-21-17(3)25-13-26-19(5)23-9-11-33(39)41-34(40)12-10-24-20(6)28(38-32(24)16-31(23)37-26)15-30-22(8-2)18(4)27(36-30)14-29(21)35-25;;/h7-8,13-16,35-36H,1-2,9-12H2,3-6H3;1H;/q;;+2/p-1. The number of halogens is 1. The van der Waals surface area contributed by atoms with E-state index in [1.54, 1.807) is 0 Å². The van der Waals surface area contributed by atoms with Crippen molar-refractivity contribution >= 4 is 68.4 Å². The number of carbonyl (C=O) groups is 2. The van der Waals surface area contributed by atoms with Gasteiger partial charge in [-0.15, -0.1) is 0 Å². The molecular formula is C34H32ClFeN4O3+. The van der Waals surface area contributed by atoms with Crippen molar-refractivity contribution < 1.29 is 43.8 Å². The van der Waals surface area contributed by atoms with Crippen LogP contribution in [0.25, 0.3) is 56.5 Å². The van der Waals surface area contributed by atoms with Crippen LogP contribution in [-0.4, -0.2) is 31.9 Å². The van der Waals surface area contributed by atoms with E-state index >= 15 is 0 Å². The smallest absolute Gasteiger partial charge is 1.00 e. The quantitative estimate of drug-likeness (QED) is 0.241. The first-order valence-corrected chi connectivity index (χ1v) is 13.8. The van der Waals surface area contributed by atoms with Crippen LogP contribution in [-0.2, 0) is 31.4 Å². The summed E-state index contributed by atoms with van der Waals surface area (Å²) >= 11 is 0. The molecule has 9 heteroatoms. The Balaban J connectivity index is 0.00000212. The van der Waals surface area contributed by atoms with Gasteiger partial charge in [0.1, 0.15) is 0 Å². The number of fused-ring (bicyclic) bond motifs is 6. The fourth-order valence-electron chi connectivity index (χ4n) is 5.99. The molecule has 0 saturated carbocycles. The number of hydrogen-bond donors (Lipinski definition) is 2.